The monoisotopic (exact) mass is 230 g/mol. The molecule has 0 radical (unpaired) electrons. The average molecular weight is 230 g/mol. The van der Waals surface area contributed by atoms with Crippen LogP contribution in [-0.2, 0) is 9.53 Å². The lowest BCUT2D eigenvalue weighted by atomic mass is 10.0. The van der Waals surface area contributed by atoms with Crippen molar-refractivity contribution >= 4 is 5.97 Å². The second kappa shape index (κ2) is 5.61. The van der Waals surface area contributed by atoms with E-state index in [9.17, 15) is 4.79 Å². The lowest BCUT2D eigenvalue weighted by Gasteiger charge is -2.37. The first-order chi connectivity index (χ1) is 7.51. The highest BCUT2D eigenvalue weighted by Crippen LogP contribution is 2.13. The third-order valence-electron chi connectivity index (χ3n) is 3.24. The largest absolute Gasteiger partial charge is 0.480 e. The number of carboxylic acid groups (broad SMARTS) is 1. The predicted molar refractivity (Wildman–Crippen MR) is 61.6 cm³/mol. The Balaban J connectivity index is 2.55. The molecule has 0 aromatic rings. The summed E-state index contributed by atoms with van der Waals surface area (Å²) >= 11 is 0. The van der Waals surface area contributed by atoms with E-state index in [0.29, 0.717) is 13.2 Å². The molecular weight excluding hydrogens is 208 g/mol. The van der Waals surface area contributed by atoms with Gasteiger partial charge in [-0.05, 0) is 20.4 Å². The number of hydrogen-bond donors (Lipinski definition) is 2. The van der Waals surface area contributed by atoms with Crippen molar-refractivity contribution in [2.24, 2.45) is 0 Å². The van der Waals surface area contributed by atoms with Crippen molar-refractivity contribution in [3.05, 3.63) is 0 Å². The normalized spacial score (nSPS) is 26.3. The van der Waals surface area contributed by atoms with Crippen molar-refractivity contribution < 1.29 is 14.6 Å². The maximum Gasteiger partial charge on any atom is 0.324 e. The molecule has 0 spiro atoms. The number of ether oxygens (including phenoxy) is 1. The lowest BCUT2D eigenvalue weighted by Crippen LogP contribution is -2.58. The Kier molecular flexibility index (Phi) is 4.70. The molecule has 5 heteroatoms. The Labute approximate surface area is 96.8 Å². The second-order valence-electron chi connectivity index (χ2n) is 4.52. The Bertz CT molecular complexity index is 247. The van der Waals surface area contributed by atoms with Crippen molar-refractivity contribution in [3.8, 4) is 0 Å². The number of carboxylic acids is 1. The number of carbonyl (C=O) groups is 1. The third-order valence-corrected chi connectivity index (χ3v) is 3.24. The third kappa shape index (κ3) is 3.17. The summed E-state index contributed by atoms with van der Waals surface area (Å²) in [5.41, 5.74) is -0.879. The Hall–Kier alpha value is -0.650. The van der Waals surface area contributed by atoms with Gasteiger partial charge in [-0.1, -0.05) is 6.92 Å². The van der Waals surface area contributed by atoms with Crippen LogP contribution in [0.5, 0.6) is 0 Å². The van der Waals surface area contributed by atoms with Crippen LogP contribution >= 0.6 is 0 Å². The second-order valence-corrected chi connectivity index (χ2v) is 4.52. The molecule has 0 aliphatic carbocycles. The summed E-state index contributed by atoms with van der Waals surface area (Å²) in [6.07, 6.45) is 1.21. The summed E-state index contributed by atoms with van der Waals surface area (Å²) in [7, 11) is 1.69. The SMILES string of the molecule is CCC1CN(CC(C)(NC)C(=O)O)CCO1. The van der Waals surface area contributed by atoms with Gasteiger partial charge in [0.25, 0.3) is 0 Å². The first-order valence-corrected chi connectivity index (χ1v) is 5.78. The van der Waals surface area contributed by atoms with E-state index >= 15 is 0 Å². The number of morpholine rings is 1. The molecule has 1 heterocycles. The first-order valence-electron chi connectivity index (χ1n) is 5.78. The average Bonchev–Trinajstić information content (AvgIpc) is 2.29. The van der Waals surface area contributed by atoms with E-state index < -0.39 is 11.5 Å². The minimum atomic E-state index is -0.879. The molecule has 1 rings (SSSR count). The molecule has 16 heavy (non-hydrogen) atoms. The van der Waals surface area contributed by atoms with Crippen LogP contribution in [-0.4, -0.2) is 60.9 Å². The summed E-state index contributed by atoms with van der Waals surface area (Å²) in [6.45, 7) is 6.63. The molecule has 5 nitrogen and oxygen atoms in total. The highest BCUT2D eigenvalue weighted by atomic mass is 16.5. The van der Waals surface area contributed by atoms with Crippen LogP contribution < -0.4 is 5.32 Å². The van der Waals surface area contributed by atoms with Gasteiger partial charge in [0.1, 0.15) is 5.54 Å². The van der Waals surface area contributed by atoms with Crippen molar-refractivity contribution in [3.63, 3.8) is 0 Å². The Morgan fingerprint density at radius 1 is 1.69 bits per heavy atom. The summed E-state index contributed by atoms with van der Waals surface area (Å²) in [5, 5.41) is 12.0. The van der Waals surface area contributed by atoms with Gasteiger partial charge in [-0.2, -0.15) is 0 Å². The maximum atomic E-state index is 11.2. The standard InChI is InChI=1S/C11H22N2O3/c1-4-9-7-13(5-6-16-9)8-11(2,12-3)10(14)15/h9,12H,4-8H2,1-3H3,(H,14,15). The zero-order chi connectivity index (χ0) is 12.2. The van der Waals surface area contributed by atoms with Crippen molar-refractivity contribution in [2.75, 3.05) is 33.3 Å². The van der Waals surface area contributed by atoms with Gasteiger partial charge in [0, 0.05) is 19.6 Å². The molecular formula is C11H22N2O3. The van der Waals surface area contributed by atoms with Gasteiger partial charge < -0.3 is 15.2 Å². The summed E-state index contributed by atoms with van der Waals surface area (Å²) in [4.78, 5) is 13.3. The van der Waals surface area contributed by atoms with Gasteiger partial charge in [0.15, 0.2) is 0 Å². The quantitative estimate of drug-likeness (QED) is 0.704. The molecule has 0 saturated carbocycles. The zero-order valence-electron chi connectivity index (χ0n) is 10.3. The molecule has 1 saturated heterocycles. The van der Waals surface area contributed by atoms with E-state index in [2.05, 4.69) is 17.1 Å². The number of aliphatic carboxylic acids is 1. The van der Waals surface area contributed by atoms with Crippen LogP contribution in [0.2, 0.25) is 0 Å². The molecule has 0 bridgehead atoms. The fourth-order valence-corrected chi connectivity index (χ4v) is 1.87. The minimum absolute atomic E-state index is 0.239. The van der Waals surface area contributed by atoms with Crippen molar-refractivity contribution in [1.82, 2.24) is 10.2 Å². The Morgan fingerprint density at radius 2 is 2.38 bits per heavy atom. The van der Waals surface area contributed by atoms with Gasteiger partial charge in [-0.3, -0.25) is 9.69 Å². The summed E-state index contributed by atoms with van der Waals surface area (Å²) < 4.78 is 5.56. The molecule has 0 aromatic heterocycles. The van der Waals surface area contributed by atoms with Gasteiger partial charge in [-0.15, -0.1) is 0 Å². The number of likely N-dealkylation sites (N-methyl/N-ethyl adjacent to an activating group) is 1. The molecule has 0 amide bonds. The predicted octanol–water partition coefficient (Wildman–Crippen LogP) is 0.160. The van der Waals surface area contributed by atoms with E-state index in [1.807, 2.05) is 0 Å². The van der Waals surface area contributed by atoms with Crippen LogP contribution in [0.25, 0.3) is 0 Å². The lowest BCUT2D eigenvalue weighted by molar-refractivity contribution is -0.145. The molecule has 94 valence electrons. The number of rotatable bonds is 5. The Morgan fingerprint density at radius 3 is 2.88 bits per heavy atom. The van der Waals surface area contributed by atoms with E-state index in [-0.39, 0.29) is 6.10 Å². The number of nitrogens with one attached hydrogen (secondary N) is 1. The smallest absolute Gasteiger partial charge is 0.324 e. The molecule has 1 fully saturated rings. The van der Waals surface area contributed by atoms with Crippen molar-refractivity contribution in [2.45, 2.75) is 31.9 Å². The van der Waals surface area contributed by atoms with E-state index in [4.69, 9.17) is 9.84 Å². The van der Waals surface area contributed by atoms with Crippen LogP contribution in [0.1, 0.15) is 20.3 Å². The van der Waals surface area contributed by atoms with Gasteiger partial charge in [0.2, 0.25) is 0 Å². The molecule has 0 aromatic carbocycles. The van der Waals surface area contributed by atoms with Gasteiger partial charge in [-0.25, -0.2) is 0 Å². The molecule has 1 aliphatic heterocycles. The summed E-state index contributed by atoms with van der Waals surface area (Å²) in [5.74, 6) is -0.811. The van der Waals surface area contributed by atoms with Crippen LogP contribution in [0.15, 0.2) is 0 Å². The van der Waals surface area contributed by atoms with Crippen molar-refractivity contribution in [1.29, 1.82) is 0 Å². The fraction of sp³-hybridized carbons (Fsp3) is 0.909. The molecule has 2 atom stereocenters. The van der Waals surface area contributed by atoms with E-state index in [0.717, 1.165) is 19.5 Å². The first kappa shape index (κ1) is 13.4. The number of hydrogen-bond acceptors (Lipinski definition) is 4. The summed E-state index contributed by atoms with van der Waals surface area (Å²) in [6, 6.07) is 0. The zero-order valence-corrected chi connectivity index (χ0v) is 10.3. The highest BCUT2D eigenvalue weighted by Gasteiger charge is 2.34. The molecule has 2 N–H and O–H groups in total. The molecule has 1 aliphatic rings. The van der Waals surface area contributed by atoms with Gasteiger partial charge in [0.05, 0.1) is 12.7 Å². The molecule has 2 unspecified atom stereocenters. The van der Waals surface area contributed by atoms with Crippen LogP contribution in [0.4, 0.5) is 0 Å². The minimum Gasteiger partial charge on any atom is -0.480 e. The number of nitrogens with zero attached hydrogens (tertiary/aromatic N) is 1. The highest BCUT2D eigenvalue weighted by molar-refractivity contribution is 5.78. The topological polar surface area (TPSA) is 61.8 Å². The van der Waals surface area contributed by atoms with E-state index in [1.54, 1.807) is 14.0 Å². The van der Waals surface area contributed by atoms with E-state index in [1.165, 1.54) is 0 Å². The fourth-order valence-electron chi connectivity index (χ4n) is 1.87. The maximum absolute atomic E-state index is 11.2. The van der Waals surface area contributed by atoms with Gasteiger partial charge >= 0.3 is 5.97 Å². The van der Waals surface area contributed by atoms with Crippen LogP contribution in [0.3, 0.4) is 0 Å². The van der Waals surface area contributed by atoms with Crippen LogP contribution in [0, 0.1) is 0 Å².